The number of rotatable bonds is 6. The number of amides is 1. The van der Waals surface area contributed by atoms with E-state index in [9.17, 15) is 9.59 Å². The molecule has 0 atom stereocenters. The lowest BCUT2D eigenvalue weighted by Gasteiger charge is -2.15. The SMILES string of the molecule is CCCNCC(=O)N(C)CC(=O)OC. The lowest BCUT2D eigenvalue weighted by molar-refractivity contribution is -0.145. The molecule has 1 N–H and O–H groups in total. The number of nitrogens with zero attached hydrogens (tertiary/aromatic N) is 1. The van der Waals surface area contributed by atoms with Crippen molar-refractivity contribution in [3.63, 3.8) is 0 Å². The molecular weight excluding hydrogens is 184 g/mol. The first-order valence-electron chi connectivity index (χ1n) is 4.63. The van der Waals surface area contributed by atoms with Gasteiger partial charge >= 0.3 is 5.97 Å². The lowest BCUT2D eigenvalue weighted by atomic mass is 10.4. The Labute approximate surface area is 84.4 Å². The Kier molecular flexibility index (Phi) is 6.74. The number of likely N-dealkylation sites (N-methyl/N-ethyl adjacent to an activating group) is 1. The van der Waals surface area contributed by atoms with Crippen LogP contribution in [0, 0.1) is 0 Å². The van der Waals surface area contributed by atoms with E-state index in [0.717, 1.165) is 13.0 Å². The molecule has 0 aromatic rings. The van der Waals surface area contributed by atoms with E-state index < -0.39 is 5.97 Å². The minimum atomic E-state index is -0.406. The van der Waals surface area contributed by atoms with Crippen molar-refractivity contribution >= 4 is 11.9 Å². The van der Waals surface area contributed by atoms with E-state index in [1.165, 1.54) is 12.0 Å². The summed E-state index contributed by atoms with van der Waals surface area (Å²) in [6.07, 6.45) is 0.980. The Morgan fingerprint density at radius 3 is 2.57 bits per heavy atom. The number of esters is 1. The average molecular weight is 202 g/mol. The highest BCUT2D eigenvalue weighted by Gasteiger charge is 2.11. The molecule has 82 valence electrons. The third-order valence-corrected chi connectivity index (χ3v) is 1.72. The maximum absolute atomic E-state index is 11.3. The van der Waals surface area contributed by atoms with Gasteiger partial charge in [0.15, 0.2) is 0 Å². The molecule has 0 fully saturated rings. The van der Waals surface area contributed by atoms with Gasteiger partial charge in [-0.3, -0.25) is 9.59 Å². The molecule has 1 amide bonds. The van der Waals surface area contributed by atoms with Gasteiger partial charge in [0.1, 0.15) is 6.54 Å². The largest absolute Gasteiger partial charge is 0.468 e. The van der Waals surface area contributed by atoms with Gasteiger partial charge in [0.05, 0.1) is 13.7 Å². The van der Waals surface area contributed by atoms with Gasteiger partial charge in [-0.05, 0) is 13.0 Å². The van der Waals surface area contributed by atoms with Crippen LogP contribution < -0.4 is 5.32 Å². The molecular formula is C9H18N2O3. The summed E-state index contributed by atoms with van der Waals surface area (Å²) >= 11 is 0. The van der Waals surface area contributed by atoms with E-state index in [4.69, 9.17) is 0 Å². The zero-order chi connectivity index (χ0) is 11.0. The topological polar surface area (TPSA) is 58.6 Å². The second-order valence-corrected chi connectivity index (χ2v) is 3.00. The van der Waals surface area contributed by atoms with Gasteiger partial charge in [-0.1, -0.05) is 6.92 Å². The molecule has 0 aromatic heterocycles. The fraction of sp³-hybridized carbons (Fsp3) is 0.778. The Hall–Kier alpha value is -1.10. The highest BCUT2D eigenvalue weighted by molar-refractivity contribution is 5.83. The molecule has 0 heterocycles. The number of methoxy groups -OCH3 is 1. The third kappa shape index (κ3) is 5.53. The fourth-order valence-corrected chi connectivity index (χ4v) is 0.853. The van der Waals surface area contributed by atoms with Crippen molar-refractivity contribution in [2.45, 2.75) is 13.3 Å². The zero-order valence-electron chi connectivity index (χ0n) is 9.00. The maximum Gasteiger partial charge on any atom is 0.325 e. The van der Waals surface area contributed by atoms with E-state index in [1.807, 2.05) is 6.92 Å². The Morgan fingerprint density at radius 1 is 1.43 bits per heavy atom. The number of carbonyl (C=O) groups is 2. The summed E-state index contributed by atoms with van der Waals surface area (Å²) < 4.78 is 4.44. The van der Waals surface area contributed by atoms with Crippen LogP contribution in [0.1, 0.15) is 13.3 Å². The van der Waals surface area contributed by atoms with Crippen molar-refractivity contribution in [2.24, 2.45) is 0 Å². The standard InChI is InChI=1S/C9H18N2O3/c1-4-5-10-6-8(12)11(2)7-9(13)14-3/h10H,4-7H2,1-3H3. The molecule has 0 aliphatic carbocycles. The lowest BCUT2D eigenvalue weighted by Crippen LogP contribution is -2.38. The van der Waals surface area contributed by atoms with Gasteiger partial charge in [0, 0.05) is 7.05 Å². The monoisotopic (exact) mass is 202 g/mol. The summed E-state index contributed by atoms with van der Waals surface area (Å²) in [5.74, 6) is -0.514. The molecule has 0 unspecified atom stereocenters. The zero-order valence-corrected chi connectivity index (χ0v) is 9.00. The summed E-state index contributed by atoms with van der Waals surface area (Å²) in [6.45, 7) is 3.10. The Morgan fingerprint density at radius 2 is 2.07 bits per heavy atom. The van der Waals surface area contributed by atoms with Crippen LogP contribution in [0.25, 0.3) is 0 Å². The van der Waals surface area contributed by atoms with Gasteiger partial charge in [0.25, 0.3) is 0 Å². The van der Waals surface area contributed by atoms with Gasteiger partial charge in [-0.2, -0.15) is 0 Å². The van der Waals surface area contributed by atoms with Gasteiger partial charge in [-0.15, -0.1) is 0 Å². The Balaban J connectivity index is 3.70. The van der Waals surface area contributed by atoms with Gasteiger partial charge in [0.2, 0.25) is 5.91 Å². The predicted octanol–water partition coefficient (Wildman–Crippen LogP) is -0.383. The van der Waals surface area contributed by atoms with Crippen LogP contribution in [0.5, 0.6) is 0 Å². The minimum absolute atomic E-state index is 0.00311. The maximum atomic E-state index is 11.3. The molecule has 0 radical (unpaired) electrons. The van der Waals surface area contributed by atoms with Crippen LogP contribution in [-0.4, -0.2) is 50.6 Å². The molecule has 14 heavy (non-hydrogen) atoms. The molecule has 5 heteroatoms. The van der Waals surface area contributed by atoms with Crippen LogP contribution in [0.2, 0.25) is 0 Å². The van der Waals surface area contributed by atoms with Crippen molar-refractivity contribution < 1.29 is 14.3 Å². The van der Waals surface area contributed by atoms with Crippen LogP contribution in [0.3, 0.4) is 0 Å². The Bertz CT molecular complexity index is 194. The van der Waals surface area contributed by atoms with E-state index in [2.05, 4.69) is 10.1 Å². The summed E-state index contributed by atoms with van der Waals surface area (Å²) in [5.41, 5.74) is 0. The number of nitrogens with one attached hydrogen (secondary N) is 1. The normalized spacial score (nSPS) is 9.64. The second-order valence-electron chi connectivity index (χ2n) is 3.00. The molecule has 0 spiro atoms. The van der Waals surface area contributed by atoms with Crippen LogP contribution in [0.15, 0.2) is 0 Å². The number of carbonyl (C=O) groups excluding carboxylic acids is 2. The summed E-state index contributed by atoms with van der Waals surface area (Å²) in [7, 11) is 2.88. The molecule has 0 saturated carbocycles. The highest BCUT2D eigenvalue weighted by Crippen LogP contribution is 1.85. The smallest absolute Gasteiger partial charge is 0.325 e. The second kappa shape index (κ2) is 7.32. The van der Waals surface area contributed by atoms with Crippen LogP contribution in [0.4, 0.5) is 0 Å². The summed E-state index contributed by atoms with van der Waals surface area (Å²) in [5, 5.41) is 2.96. The first-order chi connectivity index (χ1) is 6.61. The average Bonchev–Trinajstić information content (AvgIpc) is 2.17. The number of ether oxygens (including phenoxy) is 1. The summed E-state index contributed by atoms with van der Waals surface area (Å²) in [6, 6.07) is 0. The quantitative estimate of drug-likeness (QED) is 0.471. The molecule has 0 aromatic carbocycles. The highest BCUT2D eigenvalue weighted by atomic mass is 16.5. The molecule has 0 aliphatic rings. The van der Waals surface area contributed by atoms with Gasteiger partial charge < -0.3 is 15.0 Å². The van der Waals surface area contributed by atoms with Crippen molar-refractivity contribution in [2.75, 3.05) is 33.8 Å². The summed E-state index contributed by atoms with van der Waals surface area (Å²) in [4.78, 5) is 23.5. The number of hydrogen-bond acceptors (Lipinski definition) is 4. The minimum Gasteiger partial charge on any atom is -0.468 e. The molecule has 0 bridgehead atoms. The molecule has 5 nitrogen and oxygen atoms in total. The number of hydrogen-bond donors (Lipinski definition) is 1. The first-order valence-corrected chi connectivity index (χ1v) is 4.63. The van der Waals surface area contributed by atoms with Crippen molar-refractivity contribution in [1.82, 2.24) is 10.2 Å². The van der Waals surface area contributed by atoms with Crippen molar-refractivity contribution in [3.8, 4) is 0 Å². The van der Waals surface area contributed by atoms with E-state index in [1.54, 1.807) is 7.05 Å². The van der Waals surface area contributed by atoms with Crippen LogP contribution in [-0.2, 0) is 14.3 Å². The molecule has 0 rings (SSSR count). The first kappa shape index (κ1) is 12.9. The molecule has 0 saturated heterocycles. The fourth-order valence-electron chi connectivity index (χ4n) is 0.853. The van der Waals surface area contributed by atoms with E-state index >= 15 is 0 Å². The van der Waals surface area contributed by atoms with E-state index in [-0.39, 0.29) is 19.0 Å². The van der Waals surface area contributed by atoms with E-state index in [0.29, 0.717) is 0 Å². The third-order valence-electron chi connectivity index (χ3n) is 1.72. The van der Waals surface area contributed by atoms with Crippen molar-refractivity contribution in [3.05, 3.63) is 0 Å². The van der Waals surface area contributed by atoms with Gasteiger partial charge in [-0.25, -0.2) is 0 Å². The molecule has 0 aliphatic heterocycles. The predicted molar refractivity (Wildman–Crippen MR) is 52.8 cm³/mol. The van der Waals surface area contributed by atoms with Crippen LogP contribution >= 0.6 is 0 Å². The van der Waals surface area contributed by atoms with Crippen molar-refractivity contribution in [1.29, 1.82) is 0 Å².